The van der Waals surface area contributed by atoms with Gasteiger partial charge < -0.3 is 11.1 Å². The summed E-state index contributed by atoms with van der Waals surface area (Å²) >= 11 is 0. The molecule has 1 aromatic heterocycles. The van der Waals surface area contributed by atoms with E-state index in [1.807, 2.05) is 12.3 Å². The highest BCUT2D eigenvalue weighted by Crippen LogP contribution is 2.41. The Morgan fingerprint density at radius 2 is 2.44 bits per heavy atom. The normalized spacial score (nSPS) is 29.5. The number of anilines is 1. The molecule has 2 unspecified atom stereocenters. The van der Waals surface area contributed by atoms with E-state index in [-0.39, 0.29) is 0 Å². The smallest absolute Gasteiger partial charge is 0.0377 e. The van der Waals surface area contributed by atoms with Crippen LogP contribution in [0.2, 0.25) is 0 Å². The third kappa shape index (κ3) is 2.35. The van der Waals surface area contributed by atoms with Crippen molar-refractivity contribution in [3.63, 3.8) is 0 Å². The summed E-state index contributed by atoms with van der Waals surface area (Å²) in [6, 6.07) is 2.56. The molecule has 0 bridgehead atoms. The highest BCUT2D eigenvalue weighted by Gasteiger charge is 2.34. The van der Waals surface area contributed by atoms with Gasteiger partial charge in [-0.15, -0.1) is 0 Å². The van der Waals surface area contributed by atoms with E-state index in [4.69, 9.17) is 5.73 Å². The van der Waals surface area contributed by atoms with E-state index in [9.17, 15) is 0 Å². The largest absolute Gasteiger partial charge is 0.398 e. The van der Waals surface area contributed by atoms with Crippen LogP contribution in [0.1, 0.15) is 31.7 Å². The molecular weight excluding hydrogens is 198 g/mol. The number of nitrogens with two attached hydrogens (primary N) is 1. The number of aromatic nitrogens is 1. The second-order valence-electron chi connectivity index (χ2n) is 5.29. The highest BCUT2D eigenvalue weighted by atomic mass is 14.9. The Morgan fingerprint density at radius 3 is 3.06 bits per heavy atom. The Hall–Kier alpha value is -1.09. The highest BCUT2D eigenvalue weighted by molar-refractivity contribution is 5.44. The number of rotatable bonds is 3. The van der Waals surface area contributed by atoms with Gasteiger partial charge in [-0.05, 0) is 49.8 Å². The molecule has 1 aromatic rings. The van der Waals surface area contributed by atoms with Gasteiger partial charge in [-0.25, -0.2) is 0 Å². The van der Waals surface area contributed by atoms with Gasteiger partial charge in [0.25, 0.3) is 0 Å². The first-order valence-corrected chi connectivity index (χ1v) is 5.99. The van der Waals surface area contributed by atoms with E-state index in [1.165, 1.54) is 24.8 Å². The summed E-state index contributed by atoms with van der Waals surface area (Å²) in [5.74, 6) is 0. The van der Waals surface area contributed by atoms with Crippen LogP contribution in [0.15, 0.2) is 18.5 Å². The van der Waals surface area contributed by atoms with E-state index >= 15 is 0 Å². The molecule has 0 aromatic carbocycles. The maximum atomic E-state index is 5.97. The first-order chi connectivity index (χ1) is 7.63. The van der Waals surface area contributed by atoms with Crippen LogP contribution in [0.4, 0.5) is 5.69 Å². The molecule has 3 nitrogen and oxygen atoms in total. The zero-order valence-corrected chi connectivity index (χ0v) is 10.2. The van der Waals surface area contributed by atoms with Crippen LogP contribution < -0.4 is 11.1 Å². The SMILES string of the molecule is CNC1CCC(C)(Cc2cnccc2N)C1. The first kappa shape index (κ1) is 11.4. The zero-order chi connectivity index (χ0) is 11.6. The predicted molar refractivity (Wildman–Crippen MR) is 67.2 cm³/mol. The summed E-state index contributed by atoms with van der Waals surface area (Å²) in [4.78, 5) is 4.16. The van der Waals surface area contributed by atoms with Crippen molar-refractivity contribution in [2.24, 2.45) is 5.41 Å². The number of nitrogens with zero attached hydrogens (tertiary/aromatic N) is 1. The number of hydrogen-bond donors (Lipinski definition) is 2. The van der Waals surface area contributed by atoms with Gasteiger partial charge in [0.2, 0.25) is 0 Å². The van der Waals surface area contributed by atoms with Gasteiger partial charge in [-0.2, -0.15) is 0 Å². The molecule has 0 aliphatic heterocycles. The van der Waals surface area contributed by atoms with Crippen LogP contribution in [0, 0.1) is 5.41 Å². The Labute approximate surface area is 97.5 Å². The fourth-order valence-corrected chi connectivity index (χ4v) is 2.77. The molecule has 1 heterocycles. The van der Waals surface area contributed by atoms with Gasteiger partial charge in [0.15, 0.2) is 0 Å². The van der Waals surface area contributed by atoms with Crippen LogP contribution in [-0.2, 0) is 6.42 Å². The Balaban J connectivity index is 2.08. The van der Waals surface area contributed by atoms with Crippen LogP contribution in [0.3, 0.4) is 0 Å². The molecule has 88 valence electrons. The van der Waals surface area contributed by atoms with Gasteiger partial charge >= 0.3 is 0 Å². The average molecular weight is 219 g/mol. The summed E-state index contributed by atoms with van der Waals surface area (Å²) < 4.78 is 0. The summed E-state index contributed by atoms with van der Waals surface area (Å²) in [6.07, 6.45) is 8.49. The lowest BCUT2D eigenvalue weighted by Crippen LogP contribution is -2.25. The van der Waals surface area contributed by atoms with E-state index in [0.29, 0.717) is 11.5 Å². The quantitative estimate of drug-likeness (QED) is 0.817. The predicted octanol–water partition coefficient (Wildman–Crippen LogP) is 1.98. The lowest BCUT2D eigenvalue weighted by molar-refractivity contribution is 0.324. The third-order valence-corrected chi connectivity index (χ3v) is 3.80. The van der Waals surface area contributed by atoms with Crippen molar-refractivity contribution in [2.75, 3.05) is 12.8 Å². The standard InChI is InChI=1S/C13H21N3/c1-13(5-3-11(8-13)15-2)7-10-9-16-6-4-12(10)14/h4,6,9,11,15H,3,5,7-8H2,1-2H3,(H2,14,16). The van der Waals surface area contributed by atoms with Crippen LogP contribution in [-0.4, -0.2) is 18.1 Å². The Morgan fingerprint density at radius 1 is 1.62 bits per heavy atom. The number of nitrogen functional groups attached to an aromatic ring is 1. The van der Waals surface area contributed by atoms with Gasteiger partial charge in [-0.3, -0.25) is 4.98 Å². The summed E-state index contributed by atoms with van der Waals surface area (Å²) in [5.41, 5.74) is 8.42. The van der Waals surface area contributed by atoms with Crippen molar-refractivity contribution in [1.29, 1.82) is 0 Å². The van der Waals surface area contributed by atoms with Crippen LogP contribution >= 0.6 is 0 Å². The molecule has 2 atom stereocenters. The Bertz CT molecular complexity index is 364. The zero-order valence-electron chi connectivity index (χ0n) is 10.2. The van der Waals surface area contributed by atoms with Crippen molar-refractivity contribution < 1.29 is 0 Å². The van der Waals surface area contributed by atoms with E-state index in [0.717, 1.165) is 12.1 Å². The van der Waals surface area contributed by atoms with Crippen molar-refractivity contribution >= 4 is 5.69 Å². The second kappa shape index (κ2) is 4.42. The minimum atomic E-state index is 0.380. The molecule has 0 spiro atoms. The molecular formula is C13H21N3. The first-order valence-electron chi connectivity index (χ1n) is 5.99. The van der Waals surface area contributed by atoms with Gasteiger partial charge in [-0.1, -0.05) is 6.92 Å². The lowest BCUT2D eigenvalue weighted by Gasteiger charge is -2.24. The van der Waals surface area contributed by atoms with Gasteiger partial charge in [0.1, 0.15) is 0 Å². The van der Waals surface area contributed by atoms with Crippen LogP contribution in [0.5, 0.6) is 0 Å². The van der Waals surface area contributed by atoms with Crippen molar-refractivity contribution in [3.05, 3.63) is 24.0 Å². The number of hydrogen-bond acceptors (Lipinski definition) is 3. The van der Waals surface area contributed by atoms with Gasteiger partial charge in [0, 0.05) is 24.1 Å². The molecule has 1 fully saturated rings. The summed E-state index contributed by atoms with van der Waals surface area (Å²) in [6.45, 7) is 2.36. The molecule has 0 saturated heterocycles. The minimum absolute atomic E-state index is 0.380. The van der Waals surface area contributed by atoms with E-state index in [1.54, 1.807) is 6.20 Å². The third-order valence-electron chi connectivity index (χ3n) is 3.80. The Kier molecular flexibility index (Phi) is 3.15. The topological polar surface area (TPSA) is 50.9 Å². The summed E-state index contributed by atoms with van der Waals surface area (Å²) in [5, 5.41) is 3.37. The molecule has 0 radical (unpaired) electrons. The molecule has 1 aliphatic rings. The van der Waals surface area contributed by atoms with Crippen LogP contribution in [0.25, 0.3) is 0 Å². The number of pyridine rings is 1. The maximum Gasteiger partial charge on any atom is 0.0377 e. The molecule has 1 saturated carbocycles. The van der Waals surface area contributed by atoms with Crippen molar-refractivity contribution in [2.45, 2.75) is 38.6 Å². The average Bonchev–Trinajstić information content (AvgIpc) is 2.64. The van der Waals surface area contributed by atoms with E-state index in [2.05, 4.69) is 24.3 Å². The van der Waals surface area contributed by atoms with Crippen molar-refractivity contribution in [1.82, 2.24) is 10.3 Å². The maximum absolute atomic E-state index is 5.97. The molecule has 16 heavy (non-hydrogen) atoms. The monoisotopic (exact) mass is 219 g/mol. The summed E-state index contributed by atoms with van der Waals surface area (Å²) in [7, 11) is 2.05. The van der Waals surface area contributed by atoms with Gasteiger partial charge in [0.05, 0.1) is 0 Å². The molecule has 1 aliphatic carbocycles. The fraction of sp³-hybridized carbons (Fsp3) is 0.615. The fourth-order valence-electron chi connectivity index (χ4n) is 2.77. The lowest BCUT2D eigenvalue weighted by atomic mass is 9.82. The molecule has 3 N–H and O–H groups in total. The minimum Gasteiger partial charge on any atom is -0.398 e. The van der Waals surface area contributed by atoms with E-state index < -0.39 is 0 Å². The van der Waals surface area contributed by atoms with Crippen molar-refractivity contribution in [3.8, 4) is 0 Å². The molecule has 3 heteroatoms. The molecule has 2 rings (SSSR count). The number of nitrogens with one attached hydrogen (secondary N) is 1. The second-order valence-corrected chi connectivity index (χ2v) is 5.29. The molecule has 0 amide bonds.